The Kier molecular flexibility index (Phi) is 4.36. The molecule has 0 radical (unpaired) electrons. The van der Waals surface area contributed by atoms with Crippen LogP contribution in [0.4, 0.5) is 0 Å². The number of hydrogen-bond donors (Lipinski definition) is 0. The molecule has 1 saturated carbocycles. The van der Waals surface area contributed by atoms with E-state index in [9.17, 15) is 14.4 Å². The second-order valence-electron chi connectivity index (χ2n) is 6.32. The average molecular weight is 299 g/mol. The van der Waals surface area contributed by atoms with Crippen LogP contribution in [-0.4, -0.2) is 29.0 Å². The van der Waals surface area contributed by atoms with Crippen molar-refractivity contribution in [1.82, 2.24) is 4.90 Å². The Morgan fingerprint density at radius 3 is 2.23 bits per heavy atom. The van der Waals surface area contributed by atoms with Crippen molar-refractivity contribution in [1.29, 1.82) is 0 Å². The van der Waals surface area contributed by atoms with Gasteiger partial charge in [0.2, 0.25) is 0 Å². The van der Waals surface area contributed by atoms with Crippen LogP contribution in [0.15, 0.2) is 24.3 Å². The molecule has 0 bridgehead atoms. The van der Waals surface area contributed by atoms with Crippen molar-refractivity contribution < 1.29 is 14.4 Å². The summed E-state index contributed by atoms with van der Waals surface area (Å²) in [6.45, 7) is -0.0863. The van der Waals surface area contributed by atoms with Crippen molar-refractivity contribution in [2.75, 3.05) is 6.54 Å². The van der Waals surface area contributed by atoms with E-state index in [0.29, 0.717) is 17.5 Å². The molecule has 0 spiro atoms. The lowest BCUT2D eigenvalue weighted by atomic mass is 9.99. The number of benzene rings is 1. The van der Waals surface area contributed by atoms with Crippen LogP contribution in [0.3, 0.4) is 0 Å². The van der Waals surface area contributed by atoms with Gasteiger partial charge in [-0.1, -0.05) is 44.2 Å². The Hall–Kier alpha value is -1.97. The normalized spacial score (nSPS) is 18.1. The number of nitrogens with zero attached hydrogens (tertiary/aromatic N) is 1. The molecule has 2 aliphatic rings. The molecule has 1 aliphatic heterocycles. The molecule has 1 fully saturated rings. The monoisotopic (exact) mass is 299 g/mol. The van der Waals surface area contributed by atoms with E-state index in [2.05, 4.69) is 0 Å². The van der Waals surface area contributed by atoms with Crippen LogP contribution in [-0.2, 0) is 4.79 Å². The van der Waals surface area contributed by atoms with Gasteiger partial charge < -0.3 is 0 Å². The molecule has 22 heavy (non-hydrogen) atoms. The van der Waals surface area contributed by atoms with Crippen molar-refractivity contribution in [3.8, 4) is 0 Å². The lowest BCUT2D eigenvalue weighted by molar-refractivity contribution is -0.119. The molecule has 3 rings (SSSR count). The van der Waals surface area contributed by atoms with Crippen LogP contribution in [0.5, 0.6) is 0 Å². The van der Waals surface area contributed by atoms with Crippen LogP contribution < -0.4 is 0 Å². The molecule has 1 heterocycles. The lowest BCUT2D eigenvalue weighted by Gasteiger charge is -2.13. The number of carbonyl (C=O) groups is 3. The number of hydrogen-bond acceptors (Lipinski definition) is 3. The molecule has 0 saturated heterocycles. The van der Waals surface area contributed by atoms with Gasteiger partial charge in [0.15, 0.2) is 5.78 Å². The molecule has 0 unspecified atom stereocenters. The first-order chi connectivity index (χ1) is 10.7. The zero-order valence-electron chi connectivity index (χ0n) is 12.7. The maximum atomic E-state index is 12.2. The first kappa shape index (κ1) is 14.9. The minimum Gasteiger partial charge on any atom is -0.298 e. The van der Waals surface area contributed by atoms with Crippen LogP contribution in [0.25, 0.3) is 0 Å². The van der Waals surface area contributed by atoms with Gasteiger partial charge in [0.25, 0.3) is 11.8 Å². The third kappa shape index (κ3) is 2.96. The molecule has 4 nitrogen and oxygen atoms in total. The van der Waals surface area contributed by atoms with Gasteiger partial charge in [-0.05, 0) is 24.5 Å². The van der Waals surface area contributed by atoms with E-state index in [-0.39, 0.29) is 24.1 Å². The Bertz CT molecular complexity index is 567. The molecule has 2 amide bonds. The fraction of sp³-hybridized carbons (Fsp3) is 0.500. The third-order valence-electron chi connectivity index (χ3n) is 4.76. The average Bonchev–Trinajstić information content (AvgIpc) is 3.11. The number of rotatable bonds is 6. The van der Waals surface area contributed by atoms with Crippen LogP contribution in [0, 0.1) is 5.92 Å². The zero-order chi connectivity index (χ0) is 15.5. The molecule has 0 aromatic heterocycles. The molecular weight excluding hydrogens is 278 g/mol. The van der Waals surface area contributed by atoms with Gasteiger partial charge in [0, 0.05) is 6.42 Å². The van der Waals surface area contributed by atoms with Crippen molar-refractivity contribution in [3.63, 3.8) is 0 Å². The van der Waals surface area contributed by atoms with Gasteiger partial charge in [0.05, 0.1) is 17.7 Å². The van der Waals surface area contributed by atoms with Gasteiger partial charge in [-0.25, -0.2) is 0 Å². The van der Waals surface area contributed by atoms with Gasteiger partial charge in [-0.3, -0.25) is 19.3 Å². The second-order valence-corrected chi connectivity index (χ2v) is 6.32. The van der Waals surface area contributed by atoms with Gasteiger partial charge in [0.1, 0.15) is 0 Å². The topological polar surface area (TPSA) is 54.5 Å². The zero-order valence-corrected chi connectivity index (χ0v) is 12.7. The maximum Gasteiger partial charge on any atom is 0.261 e. The molecule has 116 valence electrons. The molecule has 0 atom stereocenters. The summed E-state index contributed by atoms with van der Waals surface area (Å²) in [5.41, 5.74) is 0.817. The first-order valence-electron chi connectivity index (χ1n) is 8.14. The van der Waals surface area contributed by atoms with E-state index in [0.717, 1.165) is 23.7 Å². The molecule has 1 aliphatic carbocycles. The standard InChI is InChI=1S/C18H21NO3/c20-14(9-5-8-13-6-1-2-7-13)12-19-17(21)15-10-3-4-11-16(15)18(19)22/h3-4,10-11,13H,1-2,5-9,12H2. The minimum absolute atomic E-state index is 0.0208. The Balaban J connectivity index is 1.52. The fourth-order valence-electron chi connectivity index (χ4n) is 3.53. The summed E-state index contributed by atoms with van der Waals surface area (Å²) < 4.78 is 0. The van der Waals surface area contributed by atoms with Crippen LogP contribution in [0.2, 0.25) is 0 Å². The van der Waals surface area contributed by atoms with E-state index >= 15 is 0 Å². The predicted molar refractivity (Wildman–Crippen MR) is 82.6 cm³/mol. The highest BCUT2D eigenvalue weighted by Gasteiger charge is 2.35. The van der Waals surface area contributed by atoms with Crippen molar-refractivity contribution in [2.45, 2.75) is 44.9 Å². The number of ketones is 1. The number of imide groups is 1. The van der Waals surface area contributed by atoms with Gasteiger partial charge in [-0.15, -0.1) is 0 Å². The summed E-state index contributed by atoms with van der Waals surface area (Å²) in [7, 11) is 0. The summed E-state index contributed by atoms with van der Waals surface area (Å²) in [5, 5.41) is 0. The Labute approximate surface area is 130 Å². The van der Waals surface area contributed by atoms with Crippen molar-refractivity contribution >= 4 is 17.6 Å². The van der Waals surface area contributed by atoms with Gasteiger partial charge in [-0.2, -0.15) is 0 Å². The van der Waals surface area contributed by atoms with Gasteiger partial charge >= 0.3 is 0 Å². The Morgan fingerprint density at radius 1 is 1.05 bits per heavy atom. The summed E-state index contributed by atoms with van der Waals surface area (Å²) in [6.07, 6.45) is 7.62. The van der Waals surface area contributed by atoms with Crippen molar-refractivity contribution in [2.24, 2.45) is 5.92 Å². The maximum absolute atomic E-state index is 12.2. The molecule has 1 aromatic carbocycles. The van der Waals surface area contributed by atoms with E-state index < -0.39 is 0 Å². The number of Topliss-reactive ketones (excluding diaryl/α,β-unsaturated/α-hetero) is 1. The summed E-state index contributed by atoms with van der Waals surface area (Å²) >= 11 is 0. The number of carbonyl (C=O) groups excluding carboxylic acids is 3. The summed E-state index contributed by atoms with van der Waals surface area (Å²) in [6, 6.07) is 6.74. The second kappa shape index (κ2) is 6.42. The molecular formula is C18H21NO3. The largest absolute Gasteiger partial charge is 0.298 e. The highest BCUT2D eigenvalue weighted by Crippen LogP contribution is 2.29. The summed E-state index contributed by atoms with van der Waals surface area (Å²) in [5.74, 6) is 0.0640. The SMILES string of the molecule is O=C(CCCC1CCCC1)CN1C(=O)c2ccccc2C1=O. The van der Waals surface area contributed by atoms with Crippen LogP contribution >= 0.6 is 0 Å². The van der Waals surface area contributed by atoms with Crippen molar-refractivity contribution in [3.05, 3.63) is 35.4 Å². The molecule has 1 aromatic rings. The van der Waals surface area contributed by atoms with E-state index in [1.165, 1.54) is 25.7 Å². The minimum atomic E-state index is -0.343. The lowest BCUT2D eigenvalue weighted by Crippen LogP contribution is -2.34. The van der Waals surface area contributed by atoms with E-state index in [1.807, 2.05) is 0 Å². The van der Waals surface area contributed by atoms with Crippen LogP contribution in [0.1, 0.15) is 65.7 Å². The Morgan fingerprint density at radius 2 is 1.64 bits per heavy atom. The molecule has 0 N–H and O–H groups in total. The number of fused-ring (bicyclic) bond motifs is 1. The molecule has 4 heteroatoms. The highest BCUT2D eigenvalue weighted by molar-refractivity contribution is 6.22. The number of amides is 2. The fourth-order valence-corrected chi connectivity index (χ4v) is 3.53. The smallest absolute Gasteiger partial charge is 0.261 e. The predicted octanol–water partition coefficient (Wildman–Crippen LogP) is 3.21. The highest BCUT2D eigenvalue weighted by atomic mass is 16.2. The third-order valence-corrected chi connectivity index (χ3v) is 4.76. The first-order valence-corrected chi connectivity index (χ1v) is 8.14. The summed E-state index contributed by atoms with van der Waals surface area (Å²) in [4.78, 5) is 37.5. The van der Waals surface area contributed by atoms with E-state index in [4.69, 9.17) is 0 Å². The van der Waals surface area contributed by atoms with E-state index in [1.54, 1.807) is 24.3 Å². The quantitative estimate of drug-likeness (QED) is 0.758.